The minimum absolute atomic E-state index is 0.137. The molecule has 0 amide bonds. The van der Waals surface area contributed by atoms with Crippen molar-refractivity contribution in [3.8, 4) is 0 Å². The van der Waals surface area contributed by atoms with E-state index in [4.69, 9.17) is 5.11 Å². The lowest BCUT2D eigenvalue weighted by Gasteiger charge is -2.08. The maximum absolute atomic E-state index is 13.4. The normalized spacial score (nSPS) is 10.6. The zero-order valence-corrected chi connectivity index (χ0v) is 7.75. The Morgan fingerprint density at radius 3 is 2.44 bits per heavy atom. The zero-order valence-electron chi connectivity index (χ0n) is 7.75. The molecule has 2 aromatic rings. The number of halogens is 1. The molecule has 82 valence electrons. The minimum Gasteiger partial charge on any atom is -0.478 e. The Kier molecular flexibility index (Phi) is 2.08. The second-order valence-corrected chi connectivity index (χ2v) is 3.04. The van der Waals surface area contributed by atoms with Gasteiger partial charge >= 0.3 is 17.1 Å². The average Bonchev–Trinajstić information content (AvgIpc) is 2.86. The molecule has 0 saturated heterocycles. The number of carbonyl (C=O) groups is 1. The van der Waals surface area contributed by atoms with Crippen molar-refractivity contribution in [3.63, 3.8) is 0 Å². The Morgan fingerprint density at radius 1 is 1.31 bits per heavy atom. The Labute approximate surface area is 87.4 Å². The van der Waals surface area contributed by atoms with Gasteiger partial charge in [0, 0.05) is 0 Å². The number of rotatable bonds is 3. The van der Waals surface area contributed by atoms with E-state index in [9.17, 15) is 18.9 Å². The fourth-order valence-electron chi connectivity index (χ4n) is 1.16. The molecule has 0 unspecified atom stereocenters. The van der Waals surface area contributed by atoms with Gasteiger partial charge in [-0.15, -0.1) is 9.91 Å². The molecule has 0 aliphatic carbocycles. The maximum atomic E-state index is 13.4. The van der Waals surface area contributed by atoms with Gasteiger partial charge in [0.1, 0.15) is 0 Å². The summed E-state index contributed by atoms with van der Waals surface area (Å²) in [7, 11) is 0. The summed E-state index contributed by atoms with van der Waals surface area (Å²) in [5, 5.41) is 8.48. The molecule has 1 aromatic carbocycles. The first-order valence-electron chi connectivity index (χ1n) is 4.20. The lowest BCUT2D eigenvalue weighted by molar-refractivity contribution is 0.0697. The predicted octanol–water partition coefficient (Wildman–Crippen LogP) is -0.0635. The van der Waals surface area contributed by atoms with Crippen LogP contribution in [-0.4, -0.2) is 15.8 Å². The molecular formula is C9H5FN2O4. The summed E-state index contributed by atoms with van der Waals surface area (Å²) in [6.45, 7) is 0. The van der Waals surface area contributed by atoms with Crippen LogP contribution in [0.25, 0.3) is 0 Å². The van der Waals surface area contributed by atoms with Crippen LogP contribution in [0.2, 0.25) is 0 Å². The molecule has 0 atom stereocenters. The summed E-state index contributed by atoms with van der Waals surface area (Å²) >= 11 is 0. The summed E-state index contributed by atoms with van der Waals surface area (Å²) in [6.07, 6.45) is 0. The van der Waals surface area contributed by atoms with E-state index in [1.165, 1.54) is 18.2 Å². The van der Waals surface area contributed by atoms with E-state index in [1.807, 2.05) is 0 Å². The molecule has 1 aromatic heterocycles. The monoisotopic (exact) mass is 224 g/mol. The Hall–Kier alpha value is -2.44. The van der Waals surface area contributed by atoms with Crippen LogP contribution in [0, 0.1) is 0 Å². The molecule has 0 bridgehead atoms. The Bertz CT molecular complexity index is 601. The summed E-state index contributed by atoms with van der Waals surface area (Å²) in [5.41, 5.74) is -2.27. The van der Waals surface area contributed by atoms with Gasteiger partial charge < -0.3 is 5.11 Å². The molecule has 0 aliphatic rings. The van der Waals surface area contributed by atoms with E-state index in [0.717, 1.165) is 6.07 Å². The molecule has 0 fully saturated rings. The quantitative estimate of drug-likeness (QED) is 0.583. The van der Waals surface area contributed by atoms with Gasteiger partial charge in [0.05, 0.1) is 11.3 Å². The summed E-state index contributed by atoms with van der Waals surface area (Å²) in [4.78, 5) is 31.9. The second kappa shape index (κ2) is 3.30. The van der Waals surface area contributed by atoms with Gasteiger partial charge in [-0.25, -0.2) is 4.79 Å². The van der Waals surface area contributed by atoms with Gasteiger partial charge in [-0.05, 0) is 18.2 Å². The van der Waals surface area contributed by atoms with Crippen molar-refractivity contribution in [3.05, 3.63) is 50.5 Å². The zero-order chi connectivity index (χ0) is 11.9. The number of aromatic carboxylic acids is 1. The van der Waals surface area contributed by atoms with Crippen molar-refractivity contribution < 1.29 is 14.4 Å². The van der Waals surface area contributed by atoms with Crippen LogP contribution in [-0.2, 0) is 0 Å². The van der Waals surface area contributed by atoms with Crippen LogP contribution in [0.3, 0.4) is 0 Å². The van der Waals surface area contributed by atoms with Crippen molar-refractivity contribution >= 4 is 11.7 Å². The minimum atomic E-state index is -1.22. The third-order valence-electron chi connectivity index (χ3n) is 2.00. The van der Waals surface area contributed by atoms with E-state index >= 15 is 0 Å². The van der Waals surface area contributed by atoms with E-state index < -0.39 is 17.1 Å². The smallest absolute Gasteiger partial charge is 0.342 e. The number of hydrogen-bond acceptors (Lipinski definition) is 4. The van der Waals surface area contributed by atoms with E-state index in [0.29, 0.717) is 0 Å². The number of carboxylic acid groups (broad SMARTS) is 1. The van der Waals surface area contributed by atoms with Gasteiger partial charge in [-0.2, -0.15) is 0 Å². The molecule has 0 radical (unpaired) electrons. The molecular weight excluding hydrogens is 219 g/mol. The molecule has 2 rings (SSSR count). The standard InChI is InChI=1S/C9H5FN2O4/c10-12(11-7(13)8(11)14)6-3-1-2-5(4-6)9(15)16/h1-4H,(H,15,16). The van der Waals surface area contributed by atoms with Crippen molar-refractivity contribution in [1.82, 2.24) is 4.68 Å². The third kappa shape index (κ3) is 1.48. The van der Waals surface area contributed by atoms with Gasteiger partial charge in [-0.1, -0.05) is 10.5 Å². The molecule has 0 saturated carbocycles. The van der Waals surface area contributed by atoms with Crippen LogP contribution in [0.5, 0.6) is 0 Å². The molecule has 0 aliphatic heterocycles. The molecule has 0 spiro atoms. The van der Waals surface area contributed by atoms with Crippen molar-refractivity contribution in [2.75, 3.05) is 5.23 Å². The van der Waals surface area contributed by atoms with Crippen molar-refractivity contribution in [2.24, 2.45) is 0 Å². The summed E-state index contributed by atoms with van der Waals surface area (Å²) < 4.78 is 13.7. The molecule has 6 nitrogen and oxygen atoms in total. The number of hydrogen-bond donors (Lipinski definition) is 1. The second-order valence-electron chi connectivity index (χ2n) is 3.04. The predicted molar refractivity (Wildman–Crippen MR) is 51.7 cm³/mol. The Morgan fingerprint density at radius 2 is 1.94 bits per heavy atom. The first-order chi connectivity index (χ1) is 7.52. The fraction of sp³-hybridized carbons (Fsp3) is 0. The van der Waals surface area contributed by atoms with Crippen molar-refractivity contribution in [1.29, 1.82) is 0 Å². The largest absolute Gasteiger partial charge is 0.478 e. The van der Waals surface area contributed by atoms with Gasteiger partial charge in [0.25, 0.3) is 0 Å². The van der Waals surface area contributed by atoms with Gasteiger partial charge in [0.2, 0.25) is 0 Å². The summed E-state index contributed by atoms with van der Waals surface area (Å²) in [5.74, 6) is -1.22. The molecule has 16 heavy (non-hydrogen) atoms. The lowest BCUT2D eigenvalue weighted by Crippen LogP contribution is -2.19. The van der Waals surface area contributed by atoms with Crippen LogP contribution in [0.15, 0.2) is 33.9 Å². The van der Waals surface area contributed by atoms with Crippen LogP contribution in [0.1, 0.15) is 10.4 Å². The topological polar surface area (TPSA) is 79.6 Å². The fourth-order valence-corrected chi connectivity index (χ4v) is 1.16. The van der Waals surface area contributed by atoms with Gasteiger partial charge in [0.15, 0.2) is 0 Å². The Balaban J connectivity index is 2.38. The molecule has 1 heterocycles. The van der Waals surface area contributed by atoms with Crippen LogP contribution >= 0.6 is 0 Å². The first-order valence-corrected chi connectivity index (χ1v) is 4.20. The lowest BCUT2D eigenvalue weighted by atomic mass is 10.2. The first kappa shape index (κ1) is 10.1. The van der Waals surface area contributed by atoms with Crippen LogP contribution in [0.4, 0.5) is 10.2 Å². The number of carboxylic acids is 1. The highest BCUT2D eigenvalue weighted by Gasteiger charge is 2.24. The third-order valence-corrected chi connectivity index (χ3v) is 2.00. The highest BCUT2D eigenvalue weighted by Crippen LogP contribution is 2.16. The highest BCUT2D eigenvalue weighted by molar-refractivity contribution is 5.88. The molecule has 1 N–H and O–H groups in total. The van der Waals surface area contributed by atoms with Gasteiger partial charge in [-0.3, -0.25) is 9.59 Å². The number of nitrogens with zero attached hydrogens (tertiary/aromatic N) is 2. The van der Waals surface area contributed by atoms with E-state index in [1.54, 1.807) is 0 Å². The molecule has 7 heteroatoms. The maximum Gasteiger partial charge on any atom is 0.342 e. The van der Waals surface area contributed by atoms with E-state index in [2.05, 4.69) is 0 Å². The number of anilines is 1. The number of aromatic nitrogens is 1. The van der Waals surface area contributed by atoms with Crippen molar-refractivity contribution in [2.45, 2.75) is 0 Å². The highest BCUT2D eigenvalue weighted by atomic mass is 19.2. The average molecular weight is 224 g/mol. The number of benzene rings is 1. The summed E-state index contributed by atoms with van der Waals surface area (Å²) in [6, 6.07) is 4.84. The van der Waals surface area contributed by atoms with E-state index in [-0.39, 0.29) is 21.2 Å². The van der Waals surface area contributed by atoms with Crippen LogP contribution < -0.4 is 16.3 Å². The SMILES string of the molecule is O=C(O)c1cccc(N(F)n2c(=O)c2=O)c1.